The Hall–Kier alpha value is -3.64. The highest BCUT2D eigenvalue weighted by Crippen LogP contribution is 2.24. The molecular formula is C29H33N3O3. The highest BCUT2D eigenvalue weighted by Gasteiger charge is 2.13. The molecule has 1 fully saturated rings. The monoisotopic (exact) mass is 471 g/mol. The number of anilines is 1. The van der Waals surface area contributed by atoms with Crippen LogP contribution in [0.5, 0.6) is 5.75 Å². The van der Waals surface area contributed by atoms with Gasteiger partial charge >= 0.3 is 0 Å². The zero-order valence-corrected chi connectivity index (χ0v) is 20.7. The van der Waals surface area contributed by atoms with Crippen molar-refractivity contribution in [3.63, 3.8) is 0 Å². The van der Waals surface area contributed by atoms with E-state index in [9.17, 15) is 4.79 Å². The SMILES string of the molecule is CC(C)(C)c1ccc(OCc2ccc(C(=O)NN=Cc3ccc(N4CCOCC4)cc3)cc2)cc1. The number of hydrogen-bond acceptors (Lipinski definition) is 5. The van der Waals surface area contributed by atoms with Crippen molar-refractivity contribution in [1.29, 1.82) is 0 Å². The number of rotatable bonds is 7. The lowest BCUT2D eigenvalue weighted by Crippen LogP contribution is -2.36. The van der Waals surface area contributed by atoms with Crippen molar-refractivity contribution in [3.05, 3.63) is 95.1 Å². The minimum Gasteiger partial charge on any atom is -0.489 e. The fourth-order valence-corrected chi connectivity index (χ4v) is 3.79. The Morgan fingerprint density at radius 3 is 2.26 bits per heavy atom. The first kappa shape index (κ1) is 24.5. The molecule has 4 rings (SSSR count). The Balaban J connectivity index is 1.25. The second kappa shape index (κ2) is 11.2. The topological polar surface area (TPSA) is 63.2 Å². The van der Waals surface area contributed by atoms with Gasteiger partial charge in [0.15, 0.2) is 0 Å². The molecule has 6 nitrogen and oxygen atoms in total. The fraction of sp³-hybridized carbons (Fsp3) is 0.310. The van der Waals surface area contributed by atoms with E-state index in [0.29, 0.717) is 12.2 Å². The molecule has 0 atom stereocenters. The van der Waals surface area contributed by atoms with Gasteiger partial charge < -0.3 is 14.4 Å². The molecule has 1 N–H and O–H groups in total. The summed E-state index contributed by atoms with van der Waals surface area (Å²) in [5.74, 6) is 0.573. The number of hydrogen-bond donors (Lipinski definition) is 1. The van der Waals surface area contributed by atoms with Gasteiger partial charge in [-0.3, -0.25) is 4.79 Å². The Kier molecular flexibility index (Phi) is 7.83. The number of carbonyl (C=O) groups is 1. The standard InChI is InChI=1S/C29H33N3O3/c1-29(2,3)25-10-14-27(15-11-25)35-21-23-4-8-24(9-5-23)28(33)31-30-20-22-6-12-26(13-7-22)32-16-18-34-19-17-32/h4-15,20H,16-19,21H2,1-3H3,(H,31,33). The first-order chi connectivity index (χ1) is 16.9. The number of amides is 1. The number of hydrazone groups is 1. The van der Waals surface area contributed by atoms with Gasteiger partial charge in [0.2, 0.25) is 0 Å². The molecule has 1 heterocycles. The van der Waals surface area contributed by atoms with Crippen molar-refractivity contribution in [2.75, 3.05) is 31.2 Å². The second-order valence-corrected chi connectivity index (χ2v) is 9.65. The van der Waals surface area contributed by atoms with Crippen LogP contribution in [0.15, 0.2) is 77.9 Å². The minimum atomic E-state index is -0.253. The van der Waals surface area contributed by atoms with Gasteiger partial charge in [-0.2, -0.15) is 5.10 Å². The minimum absolute atomic E-state index is 0.118. The average Bonchev–Trinajstić information content (AvgIpc) is 2.88. The molecule has 0 aliphatic carbocycles. The van der Waals surface area contributed by atoms with Gasteiger partial charge in [0.25, 0.3) is 5.91 Å². The fourth-order valence-electron chi connectivity index (χ4n) is 3.79. The highest BCUT2D eigenvalue weighted by atomic mass is 16.5. The zero-order valence-electron chi connectivity index (χ0n) is 20.7. The molecule has 1 aliphatic rings. The van der Waals surface area contributed by atoms with Crippen LogP contribution in [0.1, 0.15) is 47.8 Å². The summed E-state index contributed by atoms with van der Waals surface area (Å²) in [6.07, 6.45) is 1.65. The lowest BCUT2D eigenvalue weighted by Gasteiger charge is -2.28. The van der Waals surface area contributed by atoms with E-state index in [4.69, 9.17) is 9.47 Å². The maximum absolute atomic E-state index is 12.4. The lowest BCUT2D eigenvalue weighted by atomic mass is 9.87. The quantitative estimate of drug-likeness (QED) is 0.382. The van der Waals surface area contributed by atoms with Gasteiger partial charge in [0.05, 0.1) is 19.4 Å². The van der Waals surface area contributed by atoms with Crippen molar-refractivity contribution in [2.45, 2.75) is 32.8 Å². The van der Waals surface area contributed by atoms with Crippen LogP contribution >= 0.6 is 0 Å². The van der Waals surface area contributed by atoms with E-state index in [1.54, 1.807) is 18.3 Å². The molecule has 1 saturated heterocycles. The van der Waals surface area contributed by atoms with Crippen LogP contribution in [-0.2, 0) is 16.8 Å². The number of nitrogens with one attached hydrogen (secondary N) is 1. The number of morpholine rings is 1. The Morgan fingerprint density at radius 2 is 1.63 bits per heavy atom. The van der Waals surface area contributed by atoms with Gasteiger partial charge in [-0.25, -0.2) is 5.43 Å². The molecular weight excluding hydrogens is 438 g/mol. The van der Waals surface area contributed by atoms with Crippen LogP contribution in [-0.4, -0.2) is 38.4 Å². The summed E-state index contributed by atoms with van der Waals surface area (Å²) >= 11 is 0. The van der Waals surface area contributed by atoms with Crippen molar-refractivity contribution in [3.8, 4) is 5.75 Å². The third kappa shape index (κ3) is 6.93. The molecule has 0 aromatic heterocycles. The maximum atomic E-state index is 12.4. The third-order valence-electron chi connectivity index (χ3n) is 5.99. The molecule has 1 aliphatic heterocycles. The summed E-state index contributed by atoms with van der Waals surface area (Å²) in [6.45, 7) is 10.3. The third-order valence-corrected chi connectivity index (χ3v) is 5.99. The molecule has 0 radical (unpaired) electrons. The van der Waals surface area contributed by atoms with Crippen LogP contribution in [0.3, 0.4) is 0 Å². The first-order valence-corrected chi connectivity index (χ1v) is 12.0. The molecule has 0 spiro atoms. The second-order valence-electron chi connectivity index (χ2n) is 9.65. The summed E-state index contributed by atoms with van der Waals surface area (Å²) in [5.41, 5.74) is 7.61. The van der Waals surface area contributed by atoms with Crippen LogP contribution in [0.2, 0.25) is 0 Å². The van der Waals surface area contributed by atoms with E-state index < -0.39 is 0 Å². The molecule has 35 heavy (non-hydrogen) atoms. The number of ether oxygens (including phenoxy) is 2. The first-order valence-electron chi connectivity index (χ1n) is 12.0. The molecule has 0 saturated carbocycles. The largest absolute Gasteiger partial charge is 0.489 e. The maximum Gasteiger partial charge on any atom is 0.271 e. The van der Waals surface area contributed by atoms with Gasteiger partial charge in [-0.1, -0.05) is 57.2 Å². The smallest absolute Gasteiger partial charge is 0.271 e. The van der Waals surface area contributed by atoms with E-state index in [-0.39, 0.29) is 11.3 Å². The molecule has 1 amide bonds. The summed E-state index contributed by atoms with van der Waals surface area (Å²) in [7, 11) is 0. The van der Waals surface area contributed by atoms with Crippen LogP contribution in [0.25, 0.3) is 0 Å². The molecule has 0 bridgehead atoms. The van der Waals surface area contributed by atoms with E-state index >= 15 is 0 Å². The van der Waals surface area contributed by atoms with Crippen LogP contribution in [0.4, 0.5) is 5.69 Å². The summed E-state index contributed by atoms with van der Waals surface area (Å²) in [4.78, 5) is 14.7. The van der Waals surface area contributed by atoms with E-state index in [0.717, 1.165) is 43.2 Å². The molecule has 3 aromatic carbocycles. The summed E-state index contributed by atoms with van der Waals surface area (Å²) in [6, 6.07) is 23.7. The number of nitrogens with zero attached hydrogens (tertiary/aromatic N) is 2. The van der Waals surface area contributed by atoms with Gasteiger partial charge in [0, 0.05) is 24.3 Å². The van der Waals surface area contributed by atoms with Crippen LogP contribution < -0.4 is 15.1 Å². The molecule has 3 aromatic rings. The normalized spacial score (nSPS) is 14.2. The van der Waals surface area contributed by atoms with Crippen molar-refractivity contribution in [2.24, 2.45) is 5.10 Å². The Bertz CT molecular complexity index is 1130. The molecule has 0 unspecified atom stereocenters. The van der Waals surface area contributed by atoms with Gasteiger partial charge in [-0.15, -0.1) is 0 Å². The Morgan fingerprint density at radius 1 is 0.971 bits per heavy atom. The number of benzene rings is 3. The van der Waals surface area contributed by atoms with Crippen molar-refractivity contribution < 1.29 is 14.3 Å². The predicted octanol–water partition coefficient (Wildman–Crippen LogP) is 5.16. The van der Waals surface area contributed by atoms with E-state index in [1.165, 1.54) is 11.3 Å². The molecule has 182 valence electrons. The molecule has 6 heteroatoms. The predicted molar refractivity (Wildman–Crippen MR) is 140 cm³/mol. The van der Waals surface area contributed by atoms with Crippen LogP contribution in [0, 0.1) is 0 Å². The summed E-state index contributed by atoms with van der Waals surface area (Å²) < 4.78 is 11.3. The highest BCUT2D eigenvalue weighted by molar-refractivity contribution is 5.94. The van der Waals surface area contributed by atoms with Crippen molar-refractivity contribution >= 4 is 17.8 Å². The zero-order chi connectivity index (χ0) is 24.7. The van der Waals surface area contributed by atoms with E-state index in [2.05, 4.69) is 60.5 Å². The summed E-state index contributed by atoms with van der Waals surface area (Å²) in [5, 5.41) is 4.10. The Labute approximate surface area is 207 Å². The van der Waals surface area contributed by atoms with Gasteiger partial charge in [-0.05, 0) is 58.5 Å². The van der Waals surface area contributed by atoms with E-state index in [1.807, 2.05) is 36.4 Å². The van der Waals surface area contributed by atoms with Crippen molar-refractivity contribution in [1.82, 2.24) is 5.43 Å². The number of carbonyl (C=O) groups excluding carboxylic acids is 1. The lowest BCUT2D eigenvalue weighted by molar-refractivity contribution is 0.0955. The average molecular weight is 472 g/mol. The van der Waals surface area contributed by atoms with Gasteiger partial charge in [0.1, 0.15) is 12.4 Å².